The van der Waals surface area contributed by atoms with E-state index in [0.717, 1.165) is 18.6 Å². The van der Waals surface area contributed by atoms with Crippen LogP contribution in [0.5, 0.6) is 0 Å². The molecule has 1 atom stereocenters. The predicted molar refractivity (Wildman–Crippen MR) is 69.6 cm³/mol. The van der Waals surface area contributed by atoms with Gasteiger partial charge in [0.25, 0.3) is 0 Å². The van der Waals surface area contributed by atoms with Gasteiger partial charge in [-0.15, -0.1) is 0 Å². The van der Waals surface area contributed by atoms with Crippen molar-refractivity contribution in [1.82, 2.24) is 0 Å². The lowest BCUT2D eigenvalue weighted by molar-refractivity contribution is 0.193. The van der Waals surface area contributed by atoms with Gasteiger partial charge < -0.3 is 15.4 Å². The highest BCUT2D eigenvalue weighted by atomic mass is 79.9. The molecule has 1 aliphatic rings. The summed E-state index contributed by atoms with van der Waals surface area (Å²) in [7, 11) is 1.90. The predicted octanol–water partition coefficient (Wildman–Crippen LogP) is 2.27. The maximum Gasteiger partial charge on any atom is 0.160 e. The Hall–Kier alpha value is -0.650. The zero-order valence-corrected chi connectivity index (χ0v) is 11.3. The van der Waals surface area contributed by atoms with Crippen molar-refractivity contribution in [3.8, 4) is 0 Å². The van der Waals surface area contributed by atoms with Crippen LogP contribution >= 0.6 is 15.9 Å². The first-order valence-corrected chi connectivity index (χ1v) is 6.42. The molecule has 2 N–H and O–H groups in total. The summed E-state index contributed by atoms with van der Waals surface area (Å²) in [6, 6.07) is 3.88. The zero-order valence-electron chi connectivity index (χ0n) is 9.75. The van der Waals surface area contributed by atoms with E-state index in [2.05, 4.69) is 15.9 Å². The third-order valence-corrected chi connectivity index (χ3v) is 4.05. The molecule has 1 saturated heterocycles. The van der Waals surface area contributed by atoms with E-state index < -0.39 is 0 Å². The van der Waals surface area contributed by atoms with Crippen molar-refractivity contribution in [2.24, 2.45) is 5.73 Å². The van der Waals surface area contributed by atoms with Crippen LogP contribution in [0, 0.1) is 5.82 Å². The van der Waals surface area contributed by atoms with Crippen molar-refractivity contribution >= 4 is 21.6 Å². The van der Waals surface area contributed by atoms with Gasteiger partial charge in [0.1, 0.15) is 0 Å². The molecular formula is C12H16BrFN2O. The van der Waals surface area contributed by atoms with Crippen LogP contribution in [-0.2, 0) is 11.3 Å². The highest BCUT2D eigenvalue weighted by molar-refractivity contribution is 9.10. The second kappa shape index (κ2) is 5.33. The average molecular weight is 303 g/mol. The van der Waals surface area contributed by atoms with E-state index in [-0.39, 0.29) is 11.9 Å². The van der Waals surface area contributed by atoms with E-state index in [9.17, 15) is 4.39 Å². The van der Waals surface area contributed by atoms with Gasteiger partial charge in [-0.1, -0.05) is 6.07 Å². The van der Waals surface area contributed by atoms with E-state index in [1.54, 1.807) is 6.07 Å². The molecule has 1 aromatic rings. The highest BCUT2D eigenvalue weighted by Crippen LogP contribution is 2.30. The van der Waals surface area contributed by atoms with E-state index in [4.69, 9.17) is 10.5 Å². The van der Waals surface area contributed by atoms with Crippen molar-refractivity contribution in [3.63, 3.8) is 0 Å². The molecule has 5 heteroatoms. The Morgan fingerprint density at radius 1 is 1.59 bits per heavy atom. The zero-order chi connectivity index (χ0) is 12.4. The van der Waals surface area contributed by atoms with Gasteiger partial charge in [-0.25, -0.2) is 4.39 Å². The third-order valence-electron chi connectivity index (χ3n) is 3.20. The first kappa shape index (κ1) is 12.8. The Labute approximate surface area is 109 Å². The van der Waals surface area contributed by atoms with Gasteiger partial charge in [0.05, 0.1) is 22.8 Å². The number of rotatable bonds is 3. The molecule has 17 heavy (non-hydrogen) atoms. The van der Waals surface area contributed by atoms with Crippen LogP contribution in [0.1, 0.15) is 12.0 Å². The minimum absolute atomic E-state index is 0.248. The van der Waals surface area contributed by atoms with Crippen LogP contribution in [0.3, 0.4) is 0 Å². The standard InChI is InChI=1S/C12H16BrFN2O/c1-16(9-4-5-17-7-9)10-3-2-8(6-15)11(13)12(10)14/h2-3,9H,4-7,15H2,1H3. The smallest absolute Gasteiger partial charge is 0.160 e. The maximum atomic E-state index is 14.2. The molecule has 0 spiro atoms. The lowest BCUT2D eigenvalue weighted by atomic mass is 10.1. The number of hydrogen-bond acceptors (Lipinski definition) is 3. The van der Waals surface area contributed by atoms with Crippen LogP contribution in [0.4, 0.5) is 10.1 Å². The average Bonchev–Trinajstić information content (AvgIpc) is 2.85. The summed E-state index contributed by atoms with van der Waals surface area (Å²) >= 11 is 3.26. The number of nitrogens with two attached hydrogens (primary N) is 1. The second-order valence-corrected chi connectivity index (χ2v) is 5.00. The van der Waals surface area contributed by atoms with Gasteiger partial charge in [-0.2, -0.15) is 0 Å². The number of likely N-dealkylation sites (N-methyl/N-ethyl adjacent to an activating group) is 1. The summed E-state index contributed by atoms with van der Waals surface area (Å²) in [5.41, 5.74) is 6.91. The van der Waals surface area contributed by atoms with Crippen LogP contribution in [0.2, 0.25) is 0 Å². The number of benzene rings is 1. The molecule has 1 aliphatic heterocycles. The molecule has 0 saturated carbocycles. The normalized spacial score (nSPS) is 19.6. The Morgan fingerprint density at radius 3 is 2.94 bits per heavy atom. The van der Waals surface area contributed by atoms with Gasteiger partial charge >= 0.3 is 0 Å². The summed E-state index contributed by atoms with van der Waals surface area (Å²) in [6.45, 7) is 1.74. The van der Waals surface area contributed by atoms with E-state index in [1.165, 1.54) is 0 Å². The van der Waals surface area contributed by atoms with Crippen molar-refractivity contribution in [1.29, 1.82) is 0 Å². The largest absolute Gasteiger partial charge is 0.379 e. The summed E-state index contributed by atoms with van der Waals surface area (Å²) in [5.74, 6) is -0.248. The fourth-order valence-corrected chi connectivity index (χ4v) is 2.53. The van der Waals surface area contributed by atoms with Gasteiger partial charge in [0.2, 0.25) is 0 Å². The van der Waals surface area contributed by atoms with E-state index >= 15 is 0 Å². The molecule has 2 rings (SSSR count). The Morgan fingerprint density at radius 2 is 2.35 bits per heavy atom. The molecule has 1 fully saturated rings. The van der Waals surface area contributed by atoms with E-state index in [1.807, 2.05) is 18.0 Å². The topological polar surface area (TPSA) is 38.5 Å². The third kappa shape index (κ3) is 2.46. The fourth-order valence-electron chi connectivity index (χ4n) is 2.03. The molecular weight excluding hydrogens is 287 g/mol. The lowest BCUT2D eigenvalue weighted by Gasteiger charge is -2.26. The van der Waals surface area contributed by atoms with Gasteiger partial charge in [-0.05, 0) is 34.0 Å². The quantitative estimate of drug-likeness (QED) is 0.931. The molecule has 0 radical (unpaired) electrons. The van der Waals surface area contributed by atoms with Crippen LogP contribution in [-0.4, -0.2) is 26.3 Å². The number of ether oxygens (including phenoxy) is 1. The van der Waals surface area contributed by atoms with Crippen molar-refractivity contribution in [2.45, 2.75) is 19.0 Å². The number of halogens is 2. The Bertz CT molecular complexity index is 408. The number of anilines is 1. The van der Waals surface area contributed by atoms with Gasteiger partial charge in [0.15, 0.2) is 5.82 Å². The summed E-state index contributed by atoms with van der Waals surface area (Å²) in [5, 5.41) is 0. The molecule has 0 bridgehead atoms. The molecule has 0 amide bonds. The second-order valence-electron chi connectivity index (χ2n) is 4.20. The molecule has 94 valence electrons. The van der Waals surface area contributed by atoms with Crippen LogP contribution in [0.25, 0.3) is 0 Å². The van der Waals surface area contributed by atoms with Gasteiger partial charge in [0, 0.05) is 20.2 Å². The first-order chi connectivity index (χ1) is 8.15. The minimum atomic E-state index is -0.248. The molecule has 3 nitrogen and oxygen atoms in total. The molecule has 1 aromatic carbocycles. The van der Waals surface area contributed by atoms with E-state index in [0.29, 0.717) is 23.3 Å². The number of hydrogen-bond donors (Lipinski definition) is 1. The number of nitrogens with zero attached hydrogens (tertiary/aromatic N) is 1. The molecule has 0 aromatic heterocycles. The summed E-state index contributed by atoms with van der Waals surface area (Å²) in [4.78, 5) is 1.94. The monoisotopic (exact) mass is 302 g/mol. The summed E-state index contributed by atoms with van der Waals surface area (Å²) < 4.78 is 19.9. The van der Waals surface area contributed by atoms with Crippen molar-refractivity contribution < 1.29 is 9.13 Å². The molecule has 1 heterocycles. The highest BCUT2D eigenvalue weighted by Gasteiger charge is 2.23. The maximum absolute atomic E-state index is 14.2. The van der Waals surface area contributed by atoms with Crippen molar-refractivity contribution in [3.05, 3.63) is 28.0 Å². The Kier molecular flexibility index (Phi) is 4.01. The SMILES string of the molecule is CN(c1ccc(CN)c(Br)c1F)C1CCOC1. The fraction of sp³-hybridized carbons (Fsp3) is 0.500. The Balaban J connectivity index is 2.29. The van der Waals surface area contributed by atoms with Gasteiger partial charge in [-0.3, -0.25) is 0 Å². The van der Waals surface area contributed by atoms with Crippen LogP contribution < -0.4 is 10.6 Å². The molecule has 0 aliphatic carbocycles. The summed E-state index contributed by atoms with van der Waals surface area (Å²) in [6.07, 6.45) is 0.937. The molecule has 1 unspecified atom stereocenters. The minimum Gasteiger partial charge on any atom is -0.379 e. The lowest BCUT2D eigenvalue weighted by Crippen LogP contribution is -2.32. The van der Waals surface area contributed by atoms with Crippen molar-refractivity contribution in [2.75, 3.05) is 25.2 Å². The first-order valence-electron chi connectivity index (χ1n) is 5.62. The van der Waals surface area contributed by atoms with Crippen LogP contribution in [0.15, 0.2) is 16.6 Å².